The first-order valence-corrected chi connectivity index (χ1v) is 8.61. The van der Waals surface area contributed by atoms with E-state index in [1.54, 1.807) is 43.9 Å². The normalized spacial score (nSPS) is 16.1. The van der Waals surface area contributed by atoms with E-state index in [0.29, 0.717) is 24.5 Å². The van der Waals surface area contributed by atoms with Crippen molar-refractivity contribution in [2.45, 2.75) is 25.5 Å². The third kappa shape index (κ3) is 3.37. The van der Waals surface area contributed by atoms with Gasteiger partial charge in [0.05, 0.1) is 22.6 Å². The van der Waals surface area contributed by atoms with Gasteiger partial charge in [-0.05, 0) is 32.9 Å². The number of ether oxygens (including phenoxy) is 1. The summed E-state index contributed by atoms with van der Waals surface area (Å²) in [5.41, 5.74) is 0.489. The predicted octanol–water partition coefficient (Wildman–Crippen LogP) is 1.73. The molecule has 0 atom stereocenters. The Hall–Kier alpha value is -1.56. The van der Waals surface area contributed by atoms with Crippen LogP contribution in [0.15, 0.2) is 24.3 Å². The van der Waals surface area contributed by atoms with Gasteiger partial charge in [-0.15, -0.1) is 0 Å². The van der Waals surface area contributed by atoms with Crippen LogP contribution in [0.3, 0.4) is 0 Å². The molecule has 0 N–H and O–H groups in total. The summed E-state index contributed by atoms with van der Waals surface area (Å²) in [5.74, 6) is 0.348. The zero-order valence-electron chi connectivity index (χ0n) is 12.6. The maximum atomic E-state index is 12.5. The molecule has 0 spiro atoms. The Morgan fingerprint density at radius 2 is 1.90 bits per heavy atom. The Morgan fingerprint density at radius 3 is 2.57 bits per heavy atom. The molecular formula is C15H21NO4S. The Kier molecular flexibility index (Phi) is 4.27. The van der Waals surface area contributed by atoms with Crippen LogP contribution in [0.5, 0.6) is 5.75 Å². The van der Waals surface area contributed by atoms with Gasteiger partial charge >= 0.3 is 0 Å². The number of benzene rings is 1. The van der Waals surface area contributed by atoms with E-state index < -0.39 is 14.6 Å². The summed E-state index contributed by atoms with van der Waals surface area (Å²) >= 11 is 0. The Labute approximate surface area is 125 Å². The minimum atomic E-state index is -3.24. The fourth-order valence-electron chi connectivity index (χ4n) is 2.06. The molecule has 2 rings (SSSR count). The maximum absolute atomic E-state index is 12.5. The molecule has 0 aromatic heterocycles. The SMILES string of the molecule is CC(C)(C)S(=O)(=O)CCN1CCOc2ccccc2C1=O. The molecule has 21 heavy (non-hydrogen) atoms. The largest absolute Gasteiger partial charge is 0.491 e. The summed E-state index contributed by atoms with van der Waals surface area (Å²) < 4.78 is 29.1. The van der Waals surface area contributed by atoms with Gasteiger partial charge < -0.3 is 9.64 Å². The molecule has 1 amide bonds. The number of para-hydroxylation sites is 1. The number of nitrogens with zero attached hydrogens (tertiary/aromatic N) is 1. The monoisotopic (exact) mass is 311 g/mol. The van der Waals surface area contributed by atoms with Crippen molar-refractivity contribution in [1.29, 1.82) is 0 Å². The number of carbonyl (C=O) groups excluding carboxylic acids is 1. The van der Waals surface area contributed by atoms with Crippen LogP contribution in [0.4, 0.5) is 0 Å². The van der Waals surface area contributed by atoms with Gasteiger partial charge in [-0.25, -0.2) is 8.42 Å². The second-order valence-corrected chi connectivity index (χ2v) is 8.93. The number of amides is 1. The second kappa shape index (κ2) is 5.67. The van der Waals surface area contributed by atoms with E-state index >= 15 is 0 Å². The van der Waals surface area contributed by atoms with Gasteiger partial charge in [0, 0.05) is 6.54 Å². The lowest BCUT2D eigenvalue weighted by molar-refractivity contribution is 0.0766. The van der Waals surface area contributed by atoms with E-state index in [2.05, 4.69) is 0 Å². The molecule has 116 valence electrons. The number of hydrogen-bond acceptors (Lipinski definition) is 4. The molecule has 0 aliphatic carbocycles. The van der Waals surface area contributed by atoms with Gasteiger partial charge in [0.25, 0.3) is 5.91 Å². The van der Waals surface area contributed by atoms with Crippen LogP contribution < -0.4 is 4.74 Å². The summed E-state index contributed by atoms with van der Waals surface area (Å²) in [6.07, 6.45) is 0. The molecule has 1 aromatic rings. The van der Waals surface area contributed by atoms with Gasteiger partial charge in [-0.1, -0.05) is 12.1 Å². The third-order valence-electron chi connectivity index (χ3n) is 3.59. The van der Waals surface area contributed by atoms with Crippen molar-refractivity contribution in [2.75, 3.05) is 25.4 Å². The van der Waals surface area contributed by atoms with Crippen molar-refractivity contribution >= 4 is 15.7 Å². The summed E-state index contributed by atoms with van der Waals surface area (Å²) in [6, 6.07) is 7.04. The third-order valence-corrected chi connectivity index (χ3v) is 6.17. The quantitative estimate of drug-likeness (QED) is 0.853. The highest BCUT2D eigenvalue weighted by atomic mass is 32.2. The van der Waals surface area contributed by atoms with Crippen molar-refractivity contribution in [1.82, 2.24) is 4.90 Å². The van der Waals surface area contributed by atoms with Gasteiger partial charge in [-0.2, -0.15) is 0 Å². The Morgan fingerprint density at radius 1 is 1.24 bits per heavy atom. The van der Waals surface area contributed by atoms with Gasteiger partial charge in [0.2, 0.25) is 0 Å². The molecule has 0 unspecified atom stereocenters. The fraction of sp³-hybridized carbons (Fsp3) is 0.533. The molecule has 0 fully saturated rings. The highest BCUT2D eigenvalue weighted by Crippen LogP contribution is 2.23. The van der Waals surface area contributed by atoms with Crippen LogP contribution in [-0.4, -0.2) is 49.4 Å². The fourth-order valence-corrected chi connectivity index (χ4v) is 3.13. The van der Waals surface area contributed by atoms with E-state index in [4.69, 9.17) is 4.74 Å². The number of rotatable bonds is 3. The first-order valence-electron chi connectivity index (χ1n) is 6.96. The average molecular weight is 311 g/mol. The minimum Gasteiger partial charge on any atom is -0.491 e. The van der Waals surface area contributed by atoms with Crippen LogP contribution in [0, 0.1) is 0 Å². The van der Waals surface area contributed by atoms with Gasteiger partial charge in [-0.3, -0.25) is 4.79 Å². The Bertz CT molecular complexity index is 631. The van der Waals surface area contributed by atoms with Crippen LogP contribution in [-0.2, 0) is 9.84 Å². The molecule has 0 bridgehead atoms. The zero-order valence-corrected chi connectivity index (χ0v) is 13.4. The number of fused-ring (bicyclic) bond motifs is 1. The lowest BCUT2D eigenvalue weighted by Gasteiger charge is -2.24. The zero-order chi connectivity index (χ0) is 15.7. The molecule has 1 aromatic carbocycles. The molecule has 5 nitrogen and oxygen atoms in total. The first kappa shape index (κ1) is 15.8. The number of sulfone groups is 1. The lowest BCUT2D eigenvalue weighted by Crippen LogP contribution is -2.40. The molecule has 1 aliphatic rings. The molecular weight excluding hydrogens is 290 g/mol. The number of hydrogen-bond donors (Lipinski definition) is 0. The van der Waals surface area contributed by atoms with E-state index in [-0.39, 0.29) is 18.2 Å². The van der Waals surface area contributed by atoms with Crippen molar-refractivity contribution in [2.24, 2.45) is 0 Å². The summed E-state index contributed by atoms with van der Waals surface area (Å²) in [6.45, 7) is 5.97. The van der Waals surface area contributed by atoms with Crippen LogP contribution in [0.2, 0.25) is 0 Å². The van der Waals surface area contributed by atoms with Gasteiger partial charge in [0.15, 0.2) is 9.84 Å². The van der Waals surface area contributed by atoms with Crippen LogP contribution in [0.1, 0.15) is 31.1 Å². The highest BCUT2D eigenvalue weighted by Gasteiger charge is 2.31. The number of carbonyl (C=O) groups is 1. The first-order chi connectivity index (χ1) is 9.72. The molecule has 6 heteroatoms. The topological polar surface area (TPSA) is 63.7 Å². The van der Waals surface area contributed by atoms with E-state index in [0.717, 1.165) is 0 Å². The predicted molar refractivity (Wildman–Crippen MR) is 81.4 cm³/mol. The van der Waals surface area contributed by atoms with Gasteiger partial charge in [0.1, 0.15) is 12.4 Å². The van der Waals surface area contributed by atoms with Crippen molar-refractivity contribution in [3.05, 3.63) is 29.8 Å². The average Bonchev–Trinajstić information content (AvgIpc) is 2.55. The smallest absolute Gasteiger partial charge is 0.257 e. The molecule has 0 saturated heterocycles. The van der Waals surface area contributed by atoms with Crippen LogP contribution in [0.25, 0.3) is 0 Å². The minimum absolute atomic E-state index is 0.0373. The molecule has 0 radical (unpaired) electrons. The second-order valence-electron chi connectivity index (χ2n) is 6.07. The van der Waals surface area contributed by atoms with E-state index in [9.17, 15) is 13.2 Å². The van der Waals surface area contributed by atoms with Crippen molar-refractivity contribution < 1.29 is 17.9 Å². The van der Waals surface area contributed by atoms with E-state index in [1.165, 1.54) is 0 Å². The maximum Gasteiger partial charge on any atom is 0.257 e. The Balaban J connectivity index is 2.14. The summed E-state index contributed by atoms with van der Waals surface area (Å²) in [7, 11) is -3.24. The standard InChI is InChI=1S/C15H21NO4S/c1-15(2,3)21(18,19)11-9-16-8-10-20-13-7-5-4-6-12(13)14(16)17/h4-7H,8-11H2,1-3H3. The molecule has 0 saturated carbocycles. The molecule has 1 aliphatic heterocycles. The van der Waals surface area contributed by atoms with Crippen molar-refractivity contribution in [3.63, 3.8) is 0 Å². The lowest BCUT2D eigenvalue weighted by atomic mass is 10.2. The highest BCUT2D eigenvalue weighted by molar-refractivity contribution is 7.92. The van der Waals surface area contributed by atoms with E-state index in [1.807, 2.05) is 6.07 Å². The van der Waals surface area contributed by atoms with Crippen LogP contribution >= 0.6 is 0 Å². The molecule has 1 heterocycles. The van der Waals surface area contributed by atoms with Crippen molar-refractivity contribution in [3.8, 4) is 5.75 Å². The summed E-state index contributed by atoms with van der Waals surface area (Å²) in [5, 5.41) is 0. The summed E-state index contributed by atoms with van der Waals surface area (Å²) in [4.78, 5) is 14.0.